The lowest BCUT2D eigenvalue weighted by Crippen LogP contribution is -2.54. The van der Waals surface area contributed by atoms with Crippen LogP contribution in [-0.4, -0.2) is 54.0 Å². The molecule has 2 N–H and O–H groups in total. The quantitative estimate of drug-likeness (QED) is 0.519. The highest BCUT2D eigenvalue weighted by molar-refractivity contribution is 6.09. The van der Waals surface area contributed by atoms with Crippen LogP contribution in [-0.2, 0) is 19.1 Å². The predicted octanol–water partition coefficient (Wildman–Crippen LogP) is 2.07. The molecule has 0 unspecified atom stereocenters. The first-order chi connectivity index (χ1) is 14.4. The summed E-state index contributed by atoms with van der Waals surface area (Å²) in [5, 5.41) is 5.39. The average Bonchev–Trinajstić information content (AvgIpc) is 2.95. The number of urea groups is 1. The van der Waals surface area contributed by atoms with Crippen LogP contribution in [0, 0.1) is 5.92 Å². The molecule has 2 atom stereocenters. The molecule has 0 bridgehead atoms. The number of ether oxygens (including phenoxy) is 2. The molecule has 1 aliphatic heterocycles. The SMILES string of the molecule is CCOc1ccccc1NC(=O)COC(=O)CN1C(=O)N[C@]2(CCCC[C@H]2C)C1=O. The Balaban J connectivity index is 1.53. The number of imide groups is 1. The van der Waals surface area contributed by atoms with Gasteiger partial charge in [-0.25, -0.2) is 4.79 Å². The number of carbonyl (C=O) groups is 4. The number of nitrogens with zero attached hydrogens (tertiary/aromatic N) is 1. The maximum Gasteiger partial charge on any atom is 0.326 e. The van der Waals surface area contributed by atoms with Gasteiger partial charge >= 0.3 is 12.0 Å². The van der Waals surface area contributed by atoms with Gasteiger partial charge in [0.05, 0.1) is 12.3 Å². The summed E-state index contributed by atoms with van der Waals surface area (Å²) < 4.78 is 10.4. The summed E-state index contributed by atoms with van der Waals surface area (Å²) in [5.41, 5.74) is -0.474. The standard InChI is InChI=1S/C21H27N3O6/c1-3-29-16-10-5-4-9-15(16)22-17(25)13-30-18(26)12-24-19(27)21(23-20(24)28)11-7-6-8-14(21)2/h4-5,9-10,14H,3,6-8,11-13H2,1-2H3,(H,22,25)(H,23,28)/t14-,21+/m1/s1. The highest BCUT2D eigenvalue weighted by Crippen LogP contribution is 2.38. The fourth-order valence-corrected chi connectivity index (χ4v) is 4.00. The van der Waals surface area contributed by atoms with Crippen LogP contribution in [0.15, 0.2) is 24.3 Å². The second-order valence-electron chi connectivity index (χ2n) is 7.58. The molecule has 162 valence electrons. The molecule has 1 spiro atoms. The summed E-state index contributed by atoms with van der Waals surface area (Å²) in [6.45, 7) is 3.14. The normalized spacial score (nSPS) is 23.3. The molecule has 9 heteroatoms. The van der Waals surface area contributed by atoms with E-state index >= 15 is 0 Å². The topological polar surface area (TPSA) is 114 Å². The van der Waals surface area contributed by atoms with Crippen molar-refractivity contribution >= 4 is 29.5 Å². The zero-order valence-electron chi connectivity index (χ0n) is 17.2. The zero-order chi connectivity index (χ0) is 21.7. The Morgan fingerprint density at radius 1 is 1.27 bits per heavy atom. The number of benzene rings is 1. The molecule has 2 fully saturated rings. The summed E-state index contributed by atoms with van der Waals surface area (Å²) >= 11 is 0. The Morgan fingerprint density at radius 3 is 2.77 bits per heavy atom. The van der Waals surface area contributed by atoms with Crippen LogP contribution < -0.4 is 15.4 Å². The number of rotatable bonds is 7. The summed E-state index contributed by atoms with van der Waals surface area (Å²) in [6.07, 6.45) is 3.26. The lowest BCUT2D eigenvalue weighted by Gasteiger charge is -2.36. The van der Waals surface area contributed by atoms with E-state index in [-0.39, 0.29) is 5.92 Å². The third-order valence-corrected chi connectivity index (χ3v) is 5.61. The molecule has 9 nitrogen and oxygen atoms in total. The summed E-state index contributed by atoms with van der Waals surface area (Å²) in [6, 6.07) is 6.30. The Kier molecular flexibility index (Phi) is 6.59. The number of esters is 1. The molecule has 1 aromatic carbocycles. The highest BCUT2D eigenvalue weighted by atomic mass is 16.5. The van der Waals surface area contributed by atoms with Crippen LogP contribution in [0.3, 0.4) is 0 Å². The lowest BCUT2D eigenvalue weighted by atomic mass is 9.73. The van der Waals surface area contributed by atoms with Crippen molar-refractivity contribution in [3.8, 4) is 5.75 Å². The van der Waals surface area contributed by atoms with Gasteiger partial charge in [0.25, 0.3) is 11.8 Å². The smallest absolute Gasteiger partial charge is 0.326 e. The highest BCUT2D eigenvalue weighted by Gasteiger charge is 2.55. The molecule has 0 aromatic heterocycles. The Hall–Kier alpha value is -3.10. The van der Waals surface area contributed by atoms with E-state index in [0.29, 0.717) is 24.5 Å². The van der Waals surface area contributed by atoms with E-state index < -0.39 is 42.5 Å². The Morgan fingerprint density at radius 2 is 2.03 bits per heavy atom. The predicted molar refractivity (Wildman–Crippen MR) is 108 cm³/mol. The largest absolute Gasteiger partial charge is 0.492 e. The maximum absolute atomic E-state index is 12.9. The monoisotopic (exact) mass is 417 g/mol. The molecule has 4 amide bonds. The number of hydrogen-bond acceptors (Lipinski definition) is 6. The van der Waals surface area contributed by atoms with Crippen LogP contribution in [0.2, 0.25) is 0 Å². The van der Waals surface area contributed by atoms with E-state index in [0.717, 1.165) is 24.2 Å². The van der Waals surface area contributed by atoms with Gasteiger partial charge in [-0.15, -0.1) is 0 Å². The summed E-state index contributed by atoms with van der Waals surface area (Å²) in [5.74, 6) is -1.27. The number of nitrogens with one attached hydrogen (secondary N) is 2. The van der Waals surface area contributed by atoms with Gasteiger partial charge in [0, 0.05) is 0 Å². The van der Waals surface area contributed by atoms with Gasteiger partial charge in [0.2, 0.25) is 0 Å². The van der Waals surface area contributed by atoms with E-state index in [9.17, 15) is 19.2 Å². The van der Waals surface area contributed by atoms with Gasteiger partial charge in [0.15, 0.2) is 6.61 Å². The summed E-state index contributed by atoms with van der Waals surface area (Å²) in [7, 11) is 0. The number of para-hydroxylation sites is 2. The van der Waals surface area contributed by atoms with Crippen LogP contribution in [0.4, 0.5) is 10.5 Å². The maximum atomic E-state index is 12.9. The fraction of sp³-hybridized carbons (Fsp3) is 0.524. The first kappa shape index (κ1) is 21.6. The molecular formula is C21H27N3O6. The third-order valence-electron chi connectivity index (χ3n) is 5.61. The van der Waals surface area contributed by atoms with Gasteiger partial charge in [-0.1, -0.05) is 31.9 Å². The van der Waals surface area contributed by atoms with Crippen molar-refractivity contribution in [3.63, 3.8) is 0 Å². The first-order valence-corrected chi connectivity index (χ1v) is 10.2. The minimum atomic E-state index is -0.935. The number of amides is 4. The average molecular weight is 417 g/mol. The second-order valence-corrected chi connectivity index (χ2v) is 7.58. The Labute approximate surface area is 175 Å². The second kappa shape index (κ2) is 9.15. The van der Waals surface area contributed by atoms with E-state index in [1.54, 1.807) is 24.3 Å². The van der Waals surface area contributed by atoms with Gasteiger partial charge in [-0.2, -0.15) is 0 Å². The zero-order valence-corrected chi connectivity index (χ0v) is 17.2. The number of hydrogen-bond donors (Lipinski definition) is 2. The molecule has 1 saturated heterocycles. The fourth-order valence-electron chi connectivity index (χ4n) is 4.00. The van der Waals surface area contributed by atoms with Crippen LogP contribution in [0.5, 0.6) is 5.75 Å². The number of anilines is 1. The molecule has 0 radical (unpaired) electrons. The van der Waals surface area contributed by atoms with Crippen molar-refractivity contribution in [3.05, 3.63) is 24.3 Å². The number of carbonyl (C=O) groups excluding carboxylic acids is 4. The van der Waals surface area contributed by atoms with Crippen LogP contribution in [0.1, 0.15) is 39.5 Å². The van der Waals surface area contributed by atoms with Crippen molar-refractivity contribution in [2.75, 3.05) is 25.1 Å². The third kappa shape index (κ3) is 4.39. The van der Waals surface area contributed by atoms with E-state index in [4.69, 9.17) is 9.47 Å². The van der Waals surface area contributed by atoms with E-state index in [2.05, 4.69) is 10.6 Å². The van der Waals surface area contributed by atoms with Crippen molar-refractivity contribution in [1.82, 2.24) is 10.2 Å². The van der Waals surface area contributed by atoms with Crippen molar-refractivity contribution in [2.45, 2.75) is 45.1 Å². The lowest BCUT2D eigenvalue weighted by molar-refractivity contribution is -0.150. The van der Waals surface area contributed by atoms with Crippen LogP contribution >= 0.6 is 0 Å². The van der Waals surface area contributed by atoms with Gasteiger partial charge < -0.3 is 20.1 Å². The molecular weight excluding hydrogens is 390 g/mol. The van der Waals surface area contributed by atoms with E-state index in [1.807, 2.05) is 13.8 Å². The molecule has 2 aliphatic rings. The molecule has 1 heterocycles. The minimum Gasteiger partial charge on any atom is -0.492 e. The molecule has 30 heavy (non-hydrogen) atoms. The van der Waals surface area contributed by atoms with E-state index in [1.165, 1.54) is 0 Å². The summed E-state index contributed by atoms with van der Waals surface area (Å²) in [4.78, 5) is 50.3. The van der Waals surface area contributed by atoms with Gasteiger partial charge in [-0.3, -0.25) is 19.3 Å². The van der Waals surface area contributed by atoms with Crippen molar-refractivity contribution in [1.29, 1.82) is 0 Å². The minimum absolute atomic E-state index is 0.0000870. The molecule has 3 rings (SSSR count). The van der Waals surface area contributed by atoms with Crippen LogP contribution in [0.25, 0.3) is 0 Å². The molecule has 1 saturated carbocycles. The van der Waals surface area contributed by atoms with Crippen molar-refractivity contribution < 1.29 is 28.7 Å². The van der Waals surface area contributed by atoms with Gasteiger partial charge in [0.1, 0.15) is 17.8 Å². The van der Waals surface area contributed by atoms with Crippen molar-refractivity contribution in [2.24, 2.45) is 5.92 Å². The molecule has 1 aliphatic carbocycles. The first-order valence-electron chi connectivity index (χ1n) is 10.2. The molecule has 1 aromatic rings. The van der Waals surface area contributed by atoms with Gasteiger partial charge in [-0.05, 0) is 37.8 Å². The Bertz CT molecular complexity index is 842.